The van der Waals surface area contributed by atoms with Crippen molar-refractivity contribution in [1.29, 1.82) is 0 Å². The van der Waals surface area contributed by atoms with E-state index in [-0.39, 0.29) is 52.9 Å². The smallest absolute Gasteiger partial charge is 0.250 e. The van der Waals surface area contributed by atoms with Gasteiger partial charge in [-0.2, -0.15) is 0 Å². The third-order valence-corrected chi connectivity index (χ3v) is 14.3. The Labute approximate surface area is 261 Å². The van der Waals surface area contributed by atoms with Crippen molar-refractivity contribution in [1.82, 2.24) is 4.31 Å². The molecule has 0 radical (unpaired) electrons. The number of benzene rings is 3. The van der Waals surface area contributed by atoms with Gasteiger partial charge in [0, 0.05) is 14.1 Å². The van der Waals surface area contributed by atoms with Gasteiger partial charge in [-0.15, -0.1) is 0 Å². The number of thiocarbonyl (C=S) groups is 1. The highest BCUT2D eigenvalue weighted by atomic mass is 35.5. The van der Waals surface area contributed by atoms with Gasteiger partial charge in [0.1, 0.15) is 10.6 Å². The Morgan fingerprint density at radius 3 is 1.83 bits per heavy atom. The topological polar surface area (TPSA) is 61.9 Å². The van der Waals surface area contributed by atoms with Crippen LogP contribution in [0.15, 0.2) is 53.4 Å². The molecular formula is C27H30Cl3F2N3O3S2Si. The summed E-state index contributed by atoms with van der Waals surface area (Å²) in [4.78, 5) is 0.819. The third kappa shape index (κ3) is 6.82. The van der Waals surface area contributed by atoms with E-state index >= 15 is 8.78 Å². The zero-order valence-corrected chi connectivity index (χ0v) is 28.3. The second kappa shape index (κ2) is 12.3. The molecule has 0 atom stereocenters. The van der Waals surface area contributed by atoms with Gasteiger partial charge in [-0.05, 0) is 66.7 Å². The summed E-state index contributed by atoms with van der Waals surface area (Å²) in [7, 11) is -4.05. The van der Waals surface area contributed by atoms with Gasteiger partial charge in [-0.25, -0.2) is 21.5 Å². The second-order valence-corrected chi connectivity index (χ2v) is 19.2. The van der Waals surface area contributed by atoms with Crippen LogP contribution in [0.1, 0.15) is 20.8 Å². The minimum Gasteiger partial charge on any atom is -0.541 e. The average Bonchev–Trinajstić information content (AvgIpc) is 2.85. The highest BCUT2D eigenvalue weighted by molar-refractivity contribution is 7.89. The molecule has 0 aliphatic carbocycles. The van der Waals surface area contributed by atoms with Crippen molar-refractivity contribution >= 4 is 87.5 Å². The molecule has 3 aromatic carbocycles. The monoisotopic (exact) mass is 679 g/mol. The Hall–Kier alpha value is -1.99. The summed E-state index contributed by atoms with van der Waals surface area (Å²) >= 11 is 24.3. The van der Waals surface area contributed by atoms with Crippen molar-refractivity contribution in [2.45, 2.75) is 43.8 Å². The molecule has 0 bridgehead atoms. The summed E-state index contributed by atoms with van der Waals surface area (Å²) < 4.78 is 65.1. The summed E-state index contributed by atoms with van der Waals surface area (Å²) in [6, 6.07) is 11.2. The van der Waals surface area contributed by atoms with Gasteiger partial charge < -0.3 is 9.74 Å². The Balaban J connectivity index is 2.29. The van der Waals surface area contributed by atoms with Gasteiger partial charge in [0.2, 0.25) is 10.0 Å². The molecule has 3 aromatic rings. The quantitative estimate of drug-likeness (QED) is 0.199. The first-order valence-electron chi connectivity index (χ1n) is 12.2. The number of sulfonamides is 1. The summed E-state index contributed by atoms with van der Waals surface area (Å²) in [5.74, 6) is -1.77. The van der Waals surface area contributed by atoms with Crippen LogP contribution in [0.4, 0.5) is 25.8 Å². The first kappa shape index (κ1) is 33.5. The number of nitrogens with one attached hydrogen (secondary N) is 1. The Morgan fingerprint density at radius 1 is 0.902 bits per heavy atom. The molecule has 0 fully saturated rings. The minimum absolute atomic E-state index is 0.0572. The van der Waals surface area contributed by atoms with Gasteiger partial charge >= 0.3 is 0 Å². The van der Waals surface area contributed by atoms with Crippen molar-refractivity contribution in [3.63, 3.8) is 0 Å². The molecule has 6 nitrogen and oxygen atoms in total. The largest absolute Gasteiger partial charge is 0.541 e. The van der Waals surface area contributed by atoms with E-state index in [1.165, 1.54) is 62.6 Å². The Morgan fingerprint density at radius 2 is 1.39 bits per heavy atom. The zero-order chi connectivity index (χ0) is 31.1. The van der Waals surface area contributed by atoms with E-state index in [1.807, 2.05) is 33.9 Å². The fourth-order valence-corrected chi connectivity index (χ4v) is 6.67. The lowest BCUT2D eigenvalue weighted by atomic mass is 10.2. The van der Waals surface area contributed by atoms with E-state index in [0.29, 0.717) is 0 Å². The highest BCUT2D eigenvalue weighted by Gasteiger charge is 2.42. The molecule has 0 aromatic heterocycles. The van der Waals surface area contributed by atoms with Crippen LogP contribution in [0, 0.1) is 11.6 Å². The second-order valence-electron chi connectivity index (χ2n) is 10.8. The van der Waals surface area contributed by atoms with Crippen LogP contribution in [-0.4, -0.2) is 40.2 Å². The first-order valence-corrected chi connectivity index (χ1v) is 18.1. The van der Waals surface area contributed by atoms with Crippen LogP contribution in [0.3, 0.4) is 0 Å². The molecule has 0 aliphatic heterocycles. The van der Waals surface area contributed by atoms with Crippen molar-refractivity contribution in [2.75, 3.05) is 24.3 Å². The zero-order valence-electron chi connectivity index (χ0n) is 23.4. The Bertz CT molecular complexity index is 1550. The van der Waals surface area contributed by atoms with Crippen LogP contribution >= 0.6 is 47.0 Å². The van der Waals surface area contributed by atoms with Gasteiger partial charge in [-0.1, -0.05) is 67.7 Å². The fourth-order valence-electron chi connectivity index (χ4n) is 3.42. The van der Waals surface area contributed by atoms with Crippen molar-refractivity contribution in [3.8, 4) is 5.75 Å². The van der Waals surface area contributed by atoms with Gasteiger partial charge in [0.15, 0.2) is 16.7 Å². The maximum absolute atomic E-state index is 15.3. The molecule has 1 N–H and O–H groups in total. The molecule has 0 unspecified atom stereocenters. The summed E-state index contributed by atoms with van der Waals surface area (Å²) in [5.41, 5.74) is -0.212. The molecule has 0 amide bonds. The van der Waals surface area contributed by atoms with Crippen molar-refractivity contribution in [3.05, 3.63) is 75.2 Å². The molecule has 222 valence electrons. The number of hydrogen-bond acceptors (Lipinski definition) is 4. The predicted octanol–water partition coefficient (Wildman–Crippen LogP) is 9.09. The van der Waals surface area contributed by atoms with Gasteiger partial charge in [0.05, 0.1) is 32.1 Å². The standard InChI is InChI=1S/C27H30Cl3F2N3O3S2Si/c1-27(2,3)41(6,7)38-24-19(15-14-18(30)25(24)40(36,37)34(4)5)33-26(39)35(20-12-8-10-16(28)22(20)31)21-13-9-11-17(29)23(21)32/h8-15H,1-7H3,(H,33,39). The summed E-state index contributed by atoms with van der Waals surface area (Å²) in [6.07, 6.45) is 0. The first-order chi connectivity index (χ1) is 18.8. The number of hydrogen-bond donors (Lipinski definition) is 1. The van der Waals surface area contributed by atoms with Gasteiger partial charge in [-0.3, -0.25) is 4.90 Å². The molecule has 0 saturated heterocycles. The minimum atomic E-state index is -4.12. The summed E-state index contributed by atoms with van der Waals surface area (Å²) in [6.45, 7) is 9.86. The third-order valence-electron chi connectivity index (χ3n) is 6.76. The summed E-state index contributed by atoms with van der Waals surface area (Å²) in [5, 5.41) is 1.90. The van der Waals surface area contributed by atoms with Crippen LogP contribution < -0.4 is 14.6 Å². The van der Waals surface area contributed by atoms with Crippen molar-refractivity contribution < 1.29 is 21.6 Å². The van der Waals surface area contributed by atoms with Crippen LogP contribution in [-0.2, 0) is 10.0 Å². The number of halogens is 5. The number of nitrogens with zero attached hydrogens (tertiary/aromatic N) is 2. The Kier molecular flexibility index (Phi) is 10.1. The maximum Gasteiger partial charge on any atom is 0.250 e. The molecular weight excluding hydrogens is 651 g/mol. The lowest BCUT2D eigenvalue weighted by Gasteiger charge is -2.38. The van der Waals surface area contributed by atoms with E-state index in [2.05, 4.69) is 5.32 Å². The highest BCUT2D eigenvalue weighted by Crippen LogP contribution is 2.45. The fraction of sp³-hybridized carbons (Fsp3) is 0.296. The number of anilines is 3. The lowest BCUT2D eigenvalue weighted by molar-refractivity contribution is 0.474. The molecule has 0 saturated carbocycles. The molecule has 41 heavy (non-hydrogen) atoms. The average molecular weight is 681 g/mol. The maximum atomic E-state index is 15.3. The van der Waals surface area contributed by atoms with E-state index in [4.69, 9.17) is 51.4 Å². The van der Waals surface area contributed by atoms with E-state index in [0.717, 1.165) is 9.21 Å². The van der Waals surface area contributed by atoms with E-state index in [9.17, 15) is 8.42 Å². The molecule has 3 rings (SSSR count). The van der Waals surface area contributed by atoms with E-state index in [1.54, 1.807) is 0 Å². The number of rotatable bonds is 7. The van der Waals surface area contributed by atoms with E-state index < -0.39 is 30.0 Å². The molecule has 0 spiro atoms. The molecule has 14 heteroatoms. The van der Waals surface area contributed by atoms with Crippen LogP contribution in [0.2, 0.25) is 33.2 Å². The predicted molar refractivity (Wildman–Crippen MR) is 171 cm³/mol. The lowest BCUT2D eigenvalue weighted by Crippen LogP contribution is -2.44. The van der Waals surface area contributed by atoms with Crippen LogP contribution in [0.25, 0.3) is 0 Å². The molecule has 0 heterocycles. The van der Waals surface area contributed by atoms with Crippen LogP contribution in [0.5, 0.6) is 5.75 Å². The molecule has 0 aliphatic rings. The SMILES string of the molecule is CN(C)S(=O)(=O)c1c(Cl)ccc(NC(=S)N(c2cccc(Cl)c2F)c2cccc(Cl)c2F)c1O[Si](C)(C)C(C)(C)C. The normalized spacial score (nSPS) is 12.4. The van der Waals surface area contributed by atoms with Gasteiger partial charge in [0.25, 0.3) is 8.32 Å². The van der Waals surface area contributed by atoms with Crippen molar-refractivity contribution in [2.24, 2.45) is 0 Å².